The van der Waals surface area contributed by atoms with Gasteiger partial charge in [0.05, 0.1) is 12.6 Å². The minimum atomic E-state index is -0.511. The highest BCUT2D eigenvalue weighted by Crippen LogP contribution is 2.17. The fourth-order valence-electron chi connectivity index (χ4n) is 2.01. The molecule has 98 valence electrons. The van der Waals surface area contributed by atoms with Crippen molar-refractivity contribution in [1.82, 2.24) is 9.88 Å². The van der Waals surface area contributed by atoms with Crippen molar-refractivity contribution in [3.05, 3.63) is 23.9 Å². The second-order valence-electron chi connectivity index (χ2n) is 4.72. The van der Waals surface area contributed by atoms with Crippen LogP contribution < -0.4 is 4.90 Å². The van der Waals surface area contributed by atoms with Gasteiger partial charge in [-0.15, -0.1) is 0 Å². The van der Waals surface area contributed by atoms with Gasteiger partial charge < -0.3 is 14.9 Å². The molecule has 18 heavy (non-hydrogen) atoms. The maximum atomic E-state index is 11.8. The van der Waals surface area contributed by atoms with E-state index in [-0.39, 0.29) is 5.91 Å². The predicted molar refractivity (Wildman–Crippen MR) is 69.3 cm³/mol. The summed E-state index contributed by atoms with van der Waals surface area (Å²) in [6.45, 7) is 3.71. The van der Waals surface area contributed by atoms with E-state index in [0.717, 1.165) is 30.9 Å². The maximum absolute atomic E-state index is 11.8. The lowest BCUT2D eigenvalue weighted by molar-refractivity contribution is -0.127. The summed E-state index contributed by atoms with van der Waals surface area (Å²) in [5.74, 6) is 0.914. The zero-order chi connectivity index (χ0) is 13.1. The molecule has 1 saturated heterocycles. The molecule has 1 N–H and O–H groups in total. The van der Waals surface area contributed by atoms with Gasteiger partial charge in [-0.1, -0.05) is 6.07 Å². The molecule has 1 aromatic rings. The third-order valence-corrected chi connectivity index (χ3v) is 3.25. The van der Waals surface area contributed by atoms with E-state index in [1.54, 1.807) is 18.0 Å². The molecule has 0 bridgehead atoms. The molecule has 2 heterocycles. The summed E-state index contributed by atoms with van der Waals surface area (Å²) in [5.41, 5.74) is 0.789. The van der Waals surface area contributed by atoms with E-state index in [4.69, 9.17) is 0 Å². The number of hydrogen-bond acceptors (Lipinski definition) is 4. The molecule has 0 radical (unpaired) electrons. The predicted octanol–water partition coefficient (Wildman–Crippen LogP) is 0.803. The molecule has 1 fully saturated rings. The lowest BCUT2D eigenvalue weighted by Gasteiger charge is -2.21. The Kier molecular flexibility index (Phi) is 3.81. The first-order valence-corrected chi connectivity index (χ1v) is 6.21. The van der Waals surface area contributed by atoms with E-state index >= 15 is 0 Å². The lowest BCUT2D eigenvalue weighted by Crippen LogP contribution is -2.34. The van der Waals surface area contributed by atoms with Crippen molar-refractivity contribution in [2.45, 2.75) is 19.4 Å². The average Bonchev–Trinajstić information content (AvgIpc) is 2.52. The quantitative estimate of drug-likeness (QED) is 0.842. The number of rotatable bonds is 2. The molecule has 0 spiro atoms. The van der Waals surface area contributed by atoms with Gasteiger partial charge in [-0.2, -0.15) is 0 Å². The molecule has 0 aliphatic carbocycles. The van der Waals surface area contributed by atoms with Gasteiger partial charge in [-0.05, 0) is 25.0 Å². The Morgan fingerprint density at radius 3 is 2.78 bits per heavy atom. The summed E-state index contributed by atoms with van der Waals surface area (Å²) >= 11 is 0. The van der Waals surface area contributed by atoms with Gasteiger partial charge in [0.1, 0.15) is 5.82 Å². The van der Waals surface area contributed by atoms with E-state index < -0.39 is 6.10 Å². The Balaban J connectivity index is 2.13. The number of hydrogen-bond donors (Lipinski definition) is 1. The average molecular weight is 249 g/mol. The third kappa shape index (κ3) is 2.79. The fourth-order valence-corrected chi connectivity index (χ4v) is 2.01. The van der Waals surface area contributed by atoms with Gasteiger partial charge in [0.15, 0.2) is 0 Å². The zero-order valence-corrected chi connectivity index (χ0v) is 10.8. The van der Waals surface area contributed by atoms with Crippen LogP contribution in [0.4, 0.5) is 5.82 Å². The molecule has 2 rings (SSSR count). The topological polar surface area (TPSA) is 56.7 Å². The number of carbonyl (C=O) groups excluding carboxylic acids is 1. The van der Waals surface area contributed by atoms with E-state index in [1.165, 1.54) is 0 Å². The molecule has 5 nitrogen and oxygen atoms in total. The van der Waals surface area contributed by atoms with Gasteiger partial charge in [0, 0.05) is 26.3 Å². The molecule has 1 aliphatic heterocycles. The van der Waals surface area contributed by atoms with Gasteiger partial charge in [0.2, 0.25) is 5.91 Å². The Labute approximate surface area is 107 Å². The van der Waals surface area contributed by atoms with Gasteiger partial charge in [0.25, 0.3) is 0 Å². The standard InChI is InChI=1S/C13H19N3O2/c1-10(17)11-4-5-12(14-8-11)16-7-3-6-15(2)13(18)9-16/h4-5,8,10,17H,3,6-7,9H2,1-2H3. The molecule has 1 unspecified atom stereocenters. The molecule has 0 aromatic carbocycles. The van der Waals surface area contributed by atoms with Crippen LogP contribution in [-0.2, 0) is 4.79 Å². The van der Waals surface area contributed by atoms with Crippen molar-refractivity contribution >= 4 is 11.7 Å². The Morgan fingerprint density at radius 2 is 2.17 bits per heavy atom. The van der Waals surface area contributed by atoms with Crippen LogP contribution in [-0.4, -0.2) is 47.6 Å². The first-order valence-electron chi connectivity index (χ1n) is 6.21. The second-order valence-corrected chi connectivity index (χ2v) is 4.72. The second kappa shape index (κ2) is 5.35. The van der Waals surface area contributed by atoms with Crippen molar-refractivity contribution < 1.29 is 9.90 Å². The Hall–Kier alpha value is -1.62. The van der Waals surface area contributed by atoms with Crippen molar-refractivity contribution in [1.29, 1.82) is 0 Å². The highest BCUT2D eigenvalue weighted by atomic mass is 16.3. The lowest BCUT2D eigenvalue weighted by atomic mass is 10.2. The Morgan fingerprint density at radius 1 is 1.39 bits per heavy atom. The van der Waals surface area contributed by atoms with Crippen LogP contribution in [0.1, 0.15) is 25.0 Å². The number of aliphatic hydroxyl groups is 1. The molecular weight excluding hydrogens is 230 g/mol. The van der Waals surface area contributed by atoms with E-state index in [1.807, 2.05) is 24.1 Å². The highest BCUT2D eigenvalue weighted by Gasteiger charge is 2.19. The van der Waals surface area contributed by atoms with E-state index in [9.17, 15) is 9.90 Å². The van der Waals surface area contributed by atoms with Crippen LogP contribution in [0.3, 0.4) is 0 Å². The largest absolute Gasteiger partial charge is 0.389 e. The van der Waals surface area contributed by atoms with Crippen LogP contribution in [0.2, 0.25) is 0 Å². The molecule has 1 aliphatic rings. The van der Waals surface area contributed by atoms with Crippen LogP contribution in [0.5, 0.6) is 0 Å². The van der Waals surface area contributed by atoms with E-state index in [2.05, 4.69) is 4.98 Å². The minimum Gasteiger partial charge on any atom is -0.389 e. The summed E-state index contributed by atoms with van der Waals surface area (Å²) in [4.78, 5) is 19.8. The summed E-state index contributed by atoms with van der Waals surface area (Å²) in [5, 5.41) is 9.43. The van der Waals surface area contributed by atoms with Crippen LogP contribution in [0.15, 0.2) is 18.3 Å². The molecule has 5 heteroatoms. The fraction of sp³-hybridized carbons (Fsp3) is 0.538. The normalized spacial score (nSPS) is 18.7. The zero-order valence-electron chi connectivity index (χ0n) is 10.8. The van der Waals surface area contributed by atoms with Gasteiger partial charge >= 0.3 is 0 Å². The molecule has 1 atom stereocenters. The maximum Gasteiger partial charge on any atom is 0.241 e. The SMILES string of the molecule is CC(O)c1ccc(N2CCCN(C)C(=O)C2)nc1. The number of aromatic nitrogens is 1. The highest BCUT2D eigenvalue weighted by molar-refractivity contribution is 5.81. The smallest absolute Gasteiger partial charge is 0.241 e. The molecule has 1 amide bonds. The number of amides is 1. The van der Waals surface area contributed by atoms with Crippen LogP contribution >= 0.6 is 0 Å². The van der Waals surface area contributed by atoms with Crippen molar-refractivity contribution in [3.63, 3.8) is 0 Å². The number of nitrogens with zero attached hydrogens (tertiary/aromatic N) is 3. The third-order valence-electron chi connectivity index (χ3n) is 3.25. The number of likely N-dealkylation sites (N-methyl/N-ethyl adjacent to an activating group) is 1. The van der Waals surface area contributed by atoms with Crippen LogP contribution in [0.25, 0.3) is 0 Å². The van der Waals surface area contributed by atoms with Gasteiger partial charge in [-0.25, -0.2) is 4.98 Å². The molecular formula is C13H19N3O2. The first-order chi connectivity index (χ1) is 8.58. The first kappa shape index (κ1) is 12.8. The number of aliphatic hydroxyl groups excluding tert-OH is 1. The molecule has 1 aromatic heterocycles. The van der Waals surface area contributed by atoms with Crippen molar-refractivity contribution in [2.24, 2.45) is 0 Å². The van der Waals surface area contributed by atoms with Crippen molar-refractivity contribution in [3.8, 4) is 0 Å². The van der Waals surface area contributed by atoms with Crippen molar-refractivity contribution in [2.75, 3.05) is 31.6 Å². The summed E-state index contributed by atoms with van der Waals surface area (Å²) in [7, 11) is 1.83. The summed E-state index contributed by atoms with van der Waals surface area (Å²) < 4.78 is 0. The monoisotopic (exact) mass is 249 g/mol. The molecule has 0 saturated carbocycles. The number of pyridine rings is 1. The Bertz CT molecular complexity index is 417. The minimum absolute atomic E-state index is 0.119. The summed E-state index contributed by atoms with van der Waals surface area (Å²) in [6.07, 6.45) is 2.10. The summed E-state index contributed by atoms with van der Waals surface area (Å²) in [6, 6.07) is 3.72. The number of anilines is 1. The van der Waals surface area contributed by atoms with Gasteiger partial charge in [-0.3, -0.25) is 4.79 Å². The van der Waals surface area contributed by atoms with E-state index in [0.29, 0.717) is 6.54 Å². The number of carbonyl (C=O) groups is 1. The van der Waals surface area contributed by atoms with Crippen LogP contribution in [0, 0.1) is 0 Å².